The standard InChI is InChI=1S/C12H13NO2/c1-15-11-7-9(6-10(14)8-11)12-4-2-3-5-13-12/h2-5,8-9H,6-7H2,1H3. The maximum atomic E-state index is 11.4. The van der Waals surface area contributed by atoms with E-state index in [1.807, 2.05) is 18.2 Å². The summed E-state index contributed by atoms with van der Waals surface area (Å²) >= 11 is 0. The molecule has 0 fully saturated rings. The molecule has 3 nitrogen and oxygen atoms in total. The number of allylic oxidation sites excluding steroid dienone is 2. The number of carbonyl (C=O) groups excluding carboxylic acids is 1. The van der Waals surface area contributed by atoms with E-state index < -0.39 is 0 Å². The minimum atomic E-state index is 0.119. The topological polar surface area (TPSA) is 39.2 Å². The largest absolute Gasteiger partial charge is 0.501 e. The molecular weight excluding hydrogens is 190 g/mol. The average molecular weight is 203 g/mol. The number of nitrogens with zero attached hydrogens (tertiary/aromatic N) is 1. The van der Waals surface area contributed by atoms with Crippen molar-refractivity contribution in [2.45, 2.75) is 18.8 Å². The number of methoxy groups -OCH3 is 1. The van der Waals surface area contributed by atoms with Gasteiger partial charge in [0.15, 0.2) is 5.78 Å². The van der Waals surface area contributed by atoms with Crippen molar-refractivity contribution in [2.24, 2.45) is 0 Å². The molecule has 1 heterocycles. The van der Waals surface area contributed by atoms with Gasteiger partial charge in [0.05, 0.1) is 12.9 Å². The maximum Gasteiger partial charge on any atom is 0.159 e. The first-order valence-electron chi connectivity index (χ1n) is 4.98. The first-order chi connectivity index (χ1) is 7.29. The number of carbonyl (C=O) groups is 1. The van der Waals surface area contributed by atoms with E-state index in [9.17, 15) is 4.79 Å². The number of ketones is 1. The van der Waals surface area contributed by atoms with Crippen LogP contribution in [0.5, 0.6) is 0 Å². The van der Waals surface area contributed by atoms with Crippen molar-refractivity contribution in [1.29, 1.82) is 0 Å². The Morgan fingerprint density at radius 2 is 2.27 bits per heavy atom. The summed E-state index contributed by atoms with van der Waals surface area (Å²) in [4.78, 5) is 15.7. The molecule has 0 N–H and O–H groups in total. The Hall–Kier alpha value is -1.64. The molecule has 15 heavy (non-hydrogen) atoms. The fourth-order valence-corrected chi connectivity index (χ4v) is 1.82. The van der Waals surface area contributed by atoms with Crippen molar-refractivity contribution in [1.82, 2.24) is 4.98 Å². The lowest BCUT2D eigenvalue weighted by molar-refractivity contribution is -0.115. The number of rotatable bonds is 2. The van der Waals surface area contributed by atoms with Gasteiger partial charge < -0.3 is 4.74 Å². The van der Waals surface area contributed by atoms with Gasteiger partial charge in [0.25, 0.3) is 0 Å². The summed E-state index contributed by atoms with van der Waals surface area (Å²) in [6.45, 7) is 0. The molecule has 1 aromatic heterocycles. The third kappa shape index (κ3) is 2.24. The molecule has 1 atom stereocenters. The molecule has 0 bridgehead atoms. The Kier molecular flexibility index (Phi) is 2.81. The van der Waals surface area contributed by atoms with Gasteiger partial charge in [-0.25, -0.2) is 0 Å². The van der Waals surface area contributed by atoms with Gasteiger partial charge in [-0.2, -0.15) is 0 Å². The minimum absolute atomic E-state index is 0.119. The van der Waals surface area contributed by atoms with Crippen molar-refractivity contribution in [3.05, 3.63) is 41.9 Å². The summed E-state index contributed by atoms with van der Waals surface area (Å²) in [5, 5.41) is 0. The number of hydrogen-bond acceptors (Lipinski definition) is 3. The van der Waals surface area contributed by atoms with Crippen LogP contribution in [0.4, 0.5) is 0 Å². The second kappa shape index (κ2) is 4.26. The monoisotopic (exact) mass is 203 g/mol. The van der Waals surface area contributed by atoms with E-state index in [1.165, 1.54) is 0 Å². The van der Waals surface area contributed by atoms with Gasteiger partial charge in [-0.1, -0.05) is 6.07 Å². The van der Waals surface area contributed by atoms with Crippen molar-refractivity contribution in [3.8, 4) is 0 Å². The summed E-state index contributed by atoms with van der Waals surface area (Å²) in [6, 6.07) is 5.77. The van der Waals surface area contributed by atoms with E-state index in [-0.39, 0.29) is 11.7 Å². The molecule has 2 rings (SSSR count). The van der Waals surface area contributed by atoms with E-state index in [1.54, 1.807) is 19.4 Å². The molecule has 0 spiro atoms. The normalized spacial score (nSPS) is 21.0. The fourth-order valence-electron chi connectivity index (χ4n) is 1.82. The number of hydrogen-bond donors (Lipinski definition) is 0. The summed E-state index contributed by atoms with van der Waals surface area (Å²) in [5.41, 5.74) is 0.966. The molecule has 0 amide bonds. The molecule has 0 saturated carbocycles. The van der Waals surface area contributed by atoms with Crippen LogP contribution in [0.1, 0.15) is 24.5 Å². The summed E-state index contributed by atoms with van der Waals surface area (Å²) in [6.07, 6.45) is 4.63. The Morgan fingerprint density at radius 1 is 1.40 bits per heavy atom. The third-order valence-corrected chi connectivity index (χ3v) is 2.59. The molecular formula is C12H13NO2. The number of pyridine rings is 1. The van der Waals surface area contributed by atoms with Gasteiger partial charge in [-0.05, 0) is 12.1 Å². The van der Waals surface area contributed by atoms with Crippen LogP contribution in [0.2, 0.25) is 0 Å². The summed E-state index contributed by atoms with van der Waals surface area (Å²) in [5.74, 6) is 1.04. The van der Waals surface area contributed by atoms with Crippen LogP contribution < -0.4 is 0 Å². The van der Waals surface area contributed by atoms with Gasteiger partial charge >= 0.3 is 0 Å². The second-order valence-corrected chi connectivity index (χ2v) is 3.64. The van der Waals surface area contributed by atoms with E-state index in [0.717, 1.165) is 17.9 Å². The molecule has 0 aliphatic heterocycles. The molecule has 0 radical (unpaired) electrons. The molecule has 3 heteroatoms. The number of aromatic nitrogens is 1. The lowest BCUT2D eigenvalue weighted by atomic mass is 9.89. The Morgan fingerprint density at radius 3 is 2.93 bits per heavy atom. The second-order valence-electron chi connectivity index (χ2n) is 3.64. The van der Waals surface area contributed by atoms with E-state index in [4.69, 9.17) is 4.74 Å². The number of ether oxygens (including phenoxy) is 1. The maximum absolute atomic E-state index is 11.4. The van der Waals surface area contributed by atoms with Crippen molar-refractivity contribution in [2.75, 3.05) is 7.11 Å². The SMILES string of the molecule is COC1=CC(=O)CC(c2ccccn2)C1. The van der Waals surface area contributed by atoms with E-state index in [0.29, 0.717) is 6.42 Å². The van der Waals surface area contributed by atoms with Gasteiger partial charge in [-0.3, -0.25) is 9.78 Å². The average Bonchev–Trinajstić information content (AvgIpc) is 2.29. The predicted octanol–water partition coefficient (Wildman–Crippen LogP) is 2.06. The zero-order valence-corrected chi connectivity index (χ0v) is 8.64. The van der Waals surface area contributed by atoms with E-state index in [2.05, 4.69) is 4.98 Å². The van der Waals surface area contributed by atoms with Crippen molar-refractivity contribution < 1.29 is 9.53 Å². The van der Waals surface area contributed by atoms with Crippen LogP contribution in [0.15, 0.2) is 36.2 Å². The van der Waals surface area contributed by atoms with Gasteiger partial charge in [0.2, 0.25) is 0 Å². The van der Waals surface area contributed by atoms with Crippen LogP contribution in [0.3, 0.4) is 0 Å². The van der Waals surface area contributed by atoms with Crippen LogP contribution in [0.25, 0.3) is 0 Å². The third-order valence-electron chi connectivity index (χ3n) is 2.59. The van der Waals surface area contributed by atoms with Crippen LogP contribution in [0, 0.1) is 0 Å². The Bertz CT molecular complexity index is 384. The zero-order chi connectivity index (χ0) is 10.7. The molecule has 78 valence electrons. The van der Waals surface area contributed by atoms with Crippen LogP contribution in [-0.4, -0.2) is 17.9 Å². The Balaban J connectivity index is 2.20. The molecule has 1 aliphatic carbocycles. The molecule has 1 unspecified atom stereocenters. The molecule has 0 aromatic carbocycles. The lowest BCUT2D eigenvalue weighted by Gasteiger charge is -2.20. The van der Waals surface area contributed by atoms with Crippen LogP contribution in [-0.2, 0) is 9.53 Å². The zero-order valence-electron chi connectivity index (χ0n) is 8.64. The highest BCUT2D eigenvalue weighted by Gasteiger charge is 2.23. The lowest BCUT2D eigenvalue weighted by Crippen LogP contribution is -2.14. The fraction of sp³-hybridized carbons (Fsp3) is 0.333. The highest BCUT2D eigenvalue weighted by molar-refractivity contribution is 5.91. The smallest absolute Gasteiger partial charge is 0.159 e. The first-order valence-corrected chi connectivity index (χ1v) is 4.98. The molecule has 1 aliphatic rings. The summed E-state index contributed by atoms with van der Waals surface area (Å²) < 4.78 is 5.13. The minimum Gasteiger partial charge on any atom is -0.501 e. The molecule has 0 saturated heterocycles. The van der Waals surface area contributed by atoms with Gasteiger partial charge in [-0.15, -0.1) is 0 Å². The predicted molar refractivity (Wildman–Crippen MR) is 56.3 cm³/mol. The van der Waals surface area contributed by atoms with Crippen molar-refractivity contribution >= 4 is 5.78 Å². The Labute approximate surface area is 88.8 Å². The van der Waals surface area contributed by atoms with E-state index >= 15 is 0 Å². The van der Waals surface area contributed by atoms with Crippen molar-refractivity contribution in [3.63, 3.8) is 0 Å². The molecule has 1 aromatic rings. The van der Waals surface area contributed by atoms with Crippen LogP contribution >= 0.6 is 0 Å². The summed E-state index contributed by atoms with van der Waals surface area (Å²) in [7, 11) is 1.60. The highest BCUT2D eigenvalue weighted by Crippen LogP contribution is 2.30. The van der Waals surface area contributed by atoms with Gasteiger partial charge in [0.1, 0.15) is 0 Å². The quantitative estimate of drug-likeness (QED) is 0.738. The van der Waals surface area contributed by atoms with Gasteiger partial charge in [0, 0.05) is 36.7 Å². The first kappa shape index (κ1) is 9.90. The highest BCUT2D eigenvalue weighted by atomic mass is 16.5.